The highest BCUT2D eigenvalue weighted by molar-refractivity contribution is 9.11. The lowest BCUT2D eigenvalue weighted by Gasteiger charge is -2.19. The van der Waals surface area contributed by atoms with Crippen molar-refractivity contribution < 1.29 is 4.79 Å². The summed E-state index contributed by atoms with van der Waals surface area (Å²) in [5, 5.41) is 0.889. The predicted molar refractivity (Wildman–Crippen MR) is 133 cm³/mol. The first kappa shape index (κ1) is 21.9. The summed E-state index contributed by atoms with van der Waals surface area (Å²) in [6, 6.07) is 11.4. The number of hydrogen-bond donors (Lipinski definition) is 0. The van der Waals surface area contributed by atoms with Crippen LogP contribution in [0.4, 0.5) is 0 Å². The molecule has 2 unspecified atom stereocenters. The number of carbonyl (C=O) groups is 1. The average Bonchev–Trinajstić information content (AvgIpc) is 2.75. The van der Waals surface area contributed by atoms with Crippen LogP contribution >= 0.6 is 63.7 Å². The number of aromatic nitrogens is 4. The van der Waals surface area contributed by atoms with Crippen LogP contribution in [-0.2, 0) is 4.79 Å². The van der Waals surface area contributed by atoms with Gasteiger partial charge in [-0.15, -0.1) is 0 Å². The number of carbonyl (C=O) groups excluding carboxylic acids is 1. The number of nitrogens with zero attached hydrogens (tertiary/aromatic N) is 4. The van der Waals surface area contributed by atoms with E-state index in [4.69, 9.17) is 0 Å². The number of halogens is 4. The van der Waals surface area contributed by atoms with Gasteiger partial charge in [-0.3, -0.25) is 14.8 Å². The molecule has 0 radical (unpaired) electrons. The molecule has 0 aliphatic carbocycles. The number of rotatable bonds is 6. The van der Waals surface area contributed by atoms with Crippen molar-refractivity contribution in [1.82, 2.24) is 19.9 Å². The normalized spacial score (nSPS) is 13.5. The lowest BCUT2D eigenvalue weighted by atomic mass is 9.91. The van der Waals surface area contributed by atoms with E-state index >= 15 is 0 Å². The molecule has 0 amide bonds. The molecule has 152 valence electrons. The van der Waals surface area contributed by atoms with Gasteiger partial charge in [0.1, 0.15) is 0 Å². The summed E-state index contributed by atoms with van der Waals surface area (Å²) in [6.45, 7) is 0. The fraction of sp³-hybridized carbons (Fsp3) is 0.190. The molecule has 2 aromatic heterocycles. The molecule has 30 heavy (non-hydrogen) atoms. The maximum Gasteiger partial charge on any atom is 0.152 e. The highest BCUT2D eigenvalue weighted by atomic mass is 79.9. The van der Waals surface area contributed by atoms with Crippen molar-refractivity contribution in [2.45, 2.75) is 11.8 Å². The molecule has 0 saturated carbocycles. The first-order valence-electron chi connectivity index (χ1n) is 9.00. The zero-order chi connectivity index (χ0) is 21.3. The number of ketones is 1. The Bertz CT molecular complexity index is 1160. The zero-order valence-corrected chi connectivity index (χ0v) is 21.7. The fourth-order valence-electron chi connectivity index (χ4n) is 3.18. The van der Waals surface area contributed by atoms with Crippen LogP contribution in [0, 0.1) is 0 Å². The van der Waals surface area contributed by atoms with Crippen LogP contribution in [-0.4, -0.2) is 36.4 Å². The standard InChI is InChI=1S/C21H14Br4N4O/c22-7-13(19-9-26-17-5-11(24)1-3-15(17)28-19)21(30)14(8-23)20-10-27-18-6-12(25)2-4-16(18)29-20/h1-6,9-10,13-14H,7-8H2. The zero-order valence-electron chi connectivity index (χ0n) is 15.4. The summed E-state index contributed by atoms with van der Waals surface area (Å²) in [6.07, 6.45) is 3.35. The summed E-state index contributed by atoms with van der Waals surface area (Å²) in [5.41, 5.74) is 4.32. The Labute approximate surface area is 206 Å². The van der Waals surface area contributed by atoms with Gasteiger partial charge in [0.25, 0.3) is 0 Å². The third-order valence-electron chi connectivity index (χ3n) is 4.76. The van der Waals surface area contributed by atoms with E-state index in [9.17, 15) is 4.79 Å². The lowest BCUT2D eigenvalue weighted by Crippen LogP contribution is -2.25. The molecule has 0 aliphatic rings. The minimum atomic E-state index is -0.449. The second-order valence-electron chi connectivity index (χ2n) is 6.67. The molecular weight excluding hydrogens is 644 g/mol. The minimum Gasteiger partial charge on any atom is -0.298 e. The van der Waals surface area contributed by atoms with Crippen molar-refractivity contribution >= 4 is 91.6 Å². The van der Waals surface area contributed by atoms with Crippen LogP contribution in [0.2, 0.25) is 0 Å². The maximum absolute atomic E-state index is 13.5. The topological polar surface area (TPSA) is 68.6 Å². The third-order valence-corrected chi connectivity index (χ3v) is 7.04. The van der Waals surface area contributed by atoms with Crippen molar-refractivity contribution in [3.05, 3.63) is 69.1 Å². The third kappa shape index (κ3) is 4.49. The van der Waals surface area contributed by atoms with Crippen LogP contribution in [0.1, 0.15) is 23.2 Å². The van der Waals surface area contributed by atoms with Gasteiger partial charge >= 0.3 is 0 Å². The Morgan fingerprint density at radius 3 is 1.57 bits per heavy atom. The molecular formula is C21H14Br4N4O. The molecule has 0 aliphatic heterocycles. The van der Waals surface area contributed by atoms with Gasteiger partial charge in [0.05, 0.1) is 45.3 Å². The summed E-state index contributed by atoms with van der Waals surface area (Å²) in [4.78, 5) is 31.8. The maximum atomic E-state index is 13.5. The van der Waals surface area contributed by atoms with E-state index in [1.54, 1.807) is 12.4 Å². The van der Waals surface area contributed by atoms with Gasteiger partial charge in [0.15, 0.2) is 5.78 Å². The molecule has 5 nitrogen and oxygen atoms in total. The molecule has 2 atom stereocenters. The number of alkyl halides is 2. The molecule has 2 aromatic carbocycles. The fourth-order valence-corrected chi connectivity index (χ4v) is 5.18. The molecule has 4 aromatic rings. The number of hydrogen-bond acceptors (Lipinski definition) is 5. The second kappa shape index (κ2) is 9.46. The van der Waals surface area contributed by atoms with E-state index < -0.39 is 11.8 Å². The Morgan fingerprint density at radius 2 is 1.17 bits per heavy atom. The van der Waals surface area contributed by atoms with E-state index in [0.29, 0.717) is 22.0 Å². The number of Topliss-reactive ketones (excluding diaryl/α,β-unsaturated/α-hetero) is 1. The summed E-state index contributed by atoms with van der Waals surface area (Å²) in [5.74, 6) is -0.883. The molecule has 0 N–H and O–H groups in total. The first-order chi connectivity index (χ1) is 14.5. The second-order valence-corrected chi connectivity index (χ2v) is 9.80. The molecule has 0 spiro atoms. The van der Waals surface area contributed by atoms with Crippen molar-refractivity contribution in [3.63, 3.8) is 0 Å². The Morgan fingerprint density at radius 1 is 0.733 bits per heavy atom. The largest absolute Gasteiger partial charge is 0.298 e. The summed E-state index contributed by atoms with van der Waals surface area (Å²) < 4.78 is 1.87. The van der Waals surface area contributed by atoms with Crippen molar-refractivity contribution in [1.29, 1.82) is 0 Å². The van der Waals surface area contributed by atoms with Gasteiger partial charge < -0.3 is 0 Å². The van der Waals surface area contributed by atoms with Gasteiger partial charge in [0, 0.05) is 32.0 Å². The highest BCUT2D eigenvalue weighted by Gasteiger charge is 2.30. The van der Waals surface area contributed by atoms with Crippen molar-refractivity contribution in [2.75, 3.05) is 10.7 Å². The van der Waals surface area contributed by atoms with Crippen LogP contribution < -0.4 is 0 Å². The molecule has 2 heterocycles. The monoisotopic (exact) mass is 654 g/mol. The van der Waals surface area contributed by atoms with Gasteiger partial charge in [-0.2, -0.15) is 0 Å². The van der Waals surface area contributed by atoms with Gasteiger partial charge in [-0.05, 0) is 36.4 Å². The van der Waals surface area contributed by atoms with Crippen LogP contribution in [0.25, 0.3) is 22.1 Å². The Balaban J connectivity index is 1.69. The smallest absolute Gasteiger partial charge is 0.152 e. The van der Waals surface area contributed by atoms with Crippen molar-refractivity contribution in [2.24, 2.45) is 0 Å². The predicted octanol–water partition coefficient (Wildman–Crippen LogP) is 6.32. The molecule has 9 heteroatoms. The van der Waals surface area contributed by atoms with Crippen LogP contribution in [0.3, 0.4) is 0 Å². The number of fused-ring (bicyclic) bond motifs is 2. The first-order valence-corrected chi connectivity index (χ1v) is 12.8. The molecule has 0 saturated heterocycles. The molecule has 0 bridgehead atoms. The van der Waals surface area contributed by atoms with Crippen LogP contribution in [0.5, 0.6) is 0 Å². The van der Waals surface area contributed by atoms with Crippen molar-refractivity contribution in [3.8, 4) is 0 Å². The number of benzene rings is 2. The van der Waals surface area contributed by atoms with E-state index in [2.05, 4.69) is 83.7 Å². The van der Waals surface area contributed by atoms with Gasteiger partial charge in [-0.25, -0.2) is 9.97 Å². The van der Waals surface area contributed by atoms with E-state index in [0.717, 1.165) is 31.0 Å². The summed E-state index contributed by atoms with van der Waals surface area (Å²) >= 11 is 13.9. The average molecular weight is 658 g/mol. The Hall–Kier alpha value is -1.29. The van der Waals surface area contributed by atoms with Gasteiger partial charge in [0.2, 0.25) is 0 Å². The van der Waals surface area contributed by atoms with E-state index in [1.807, 2.05) is 36.4 Å². The SMILES string of the molecule is O=C(C(CBr)c1cnc2cc(Br)ccc2n1)C(CBr)c1cnc2cc(Br)ccc2n1. The van der Waals surface area contributed by atoms with Gasteiger partial charge in [-0.1, -0.05) is 63.7 Å². The molecule has 4 rings (SSSR count). The Kier molecular flexibility index (Phi) is 6.91. The quantitative estimate of drug-likeness (QED) is 0.227. The highest BCUT2D eigenvalue weighted by Crippen LogP contribution is 2.29. The van der Waals surface area contributed by atoms with Crippen LogP contribution in [0.15, 0.2) is 57.7 Å². The molecule has 0 fully saturated rings. The lowest BCUT2D eigenvalue weighted by molar-refractivity contribution is -0.121. The minimum absolute atomic E-state index is 0.0141. The van der Waals surface area contributed by atoms with E-state index in [1.165, 1.54) is 0 Å². The summed E-state index contributed by atoms with van der Waals surface area (Å²) in [7, 11) is 0. The van der Waals surface area contributed by atoms with E-state index in [-0.39, 0.29) is 5.78 Å².